The zero-order valence-electron chi connectivity index (χ0n) is 14.3. The molecule has 9 heteroatoms. The molecule has 2 aromatic carbocycles. The molecule has 0 radical (unpaired) electrons. The highest BCUT2D eigenvalue weighted by Gasteiger charge is 2.19. The van der Waals surface area contributed by atoms with Gasteiger partial charge in [0.1, 0.15) is 0 Å². The van der Waals surface area contributed by atoms with Crippen LogP contribution in [0.15, 0.2) is 41.3 Å². The van der Waals surface area contributed by atoms with Crippen molar-refractivity contribution in [3.8, 4) is 11.5 Å². The third kappa shape index (κ3) is 4.12. The van der Waals surface area contributed by atoms with E-state index >= 15 is 0 Å². The summed E-state index contributed by atoms with van der Waals surface area (Å²) in [4.78, 5) is 23.9. The van der Waals surface area contributed by atoms with Crippen LogP contribution in [0.2, 0.25) is 0 Å². The number of amides is 1. The van der Waals surface area contributed by atoms with Gasteiger partial charge in [-0.3, -0.25) is 4.79 Å². The van der Waals surface area contributed by atoms with Crippen LogP contribution < -0.4 is 14.8 Å². The lowest BCUT2D eigenvalue weighted by molar-refractivity contribution is 0.0697. The summed E-state index contributed by atoms with van der Waals surface area (Å²) in [6.45, 7) is 0. The Labute approximate surface area is 150 Å². The highest BCUT2D eigenvalue weighted by Crippen LogP contribution is 2.33. The first-order chi connectivity index (χ1) is 12.2. The molecule has 0 saturated carbocycles. The maximum Gasteiger partial charge on any atom is 0.337 e. The first-order valence-electron chi connectivity index (χ1n) is 7.28. The van der Waals surface area contributed by atoms with Crippen LogP contribution in [-0.4, -0.2) is 45.9 Å². The van der Waals surface area contributed by atoms with Crippen molar-refractivity contribution in [1.82, 2.24) is 0 Å². The largest absolute Gasteiger partial charge is 0.493 e. The number of ether oxygens (including phenoxy) is 2. The Kier molecular flexibility index (Phi) is 5.51. The average Bonchev–Trinajstić information content (AvgIpc) is 2.60. The van der Waals surface area contributed by atoms with Crippen molar-refractivity contribution in [1.29, 1.82) is 0 Å². The Balaban J connectivity index is 2.44. The molecule has 0 unspecified atom stereocenters. The summed E-state index contributed by atoms with van der Waals surface area (Å²) in [6, 6.07) is 7.98. The first-order valence-corrected chi connectivity index (χ1v) is 9.17. The molecular formula is C17H17NO7S. The van der Waals surface area contributed by atoms with E-state index in [1.54, 1.807) is 0 Å². The van der Waals surface area contributed by atoms with Gasteiger partial charge in [-0.25, -0.2) is 13.2 Å². The van der Waals surface area contributed by atoms with E-state index in [4.69, 9.17) is 9.47 Å². The van der Waals surface area contributed by atoms with E-state index in [9.17, 15) is 23.1 Å². The number of hydrogen-bond acceptors (Lipinski definition) is 6. The molecule has 0 aliphatic carbocycles. The molecule has 8 nitrogen and oxygen atoms in total. The van der Waals surface area contributed by atoms with Gasteiger partial charge in [0.25, 0.3) is 5.91 Å². The van der Waals surface area contributed by atoms with Crippen LogP contribution >= 0.6 is 0 Å². The van der Waals surface area contributed by atoms with E-state index in [2.05, 4.69) is 5.32 Å². The molecule has 1 amide bonds. The van der Waals surface area contributed by atoms with Gasteiger partial charge in [0, 0.05) is 24.0 Å². The van der Waals surface area contributed by atoms with Crippen LogP contribution in [0.4, 0.5) is 5.69 Å². The van der Waals surface area contributed by atoms with Gasteiger partial charge < -0.3 is 19.9 Å². The Hall–Kier alpha value is -3.07. The molecule has 2 N–H and O–H groups in total. The highest BCUT2D eigenvalue weighted by molar-refractivity contribution is 7.90. The third-order valence-electron chi connectivity index (χ3n) is 3.53. The number of sulfone groups is 1. The second-order valence-corrected chi connectivity index (χ2v) is 7.33. The number of methoxy groups -OCH3 is 2. The van der Waals surface area contributed by atoms with E-state index in [-0.39, 0.29) is 33.2 Å². The molecule has 0 aromatic heterocycles. The number of hydrogen-bond donors (Lipinski definition) is 2. The van der Waals surface area contributed by atoms with Crippen LogP contribution in [0.5, 0.6) is 11.5 Å². The normalized spacial score (nSPS) is 10.9. The lowest BCUT2D eigenvalue weighted by Gasteiger charge is -2.14. The minimum Gasteiger partial charge on any atom is -0.493 e. The molecule has 26 heavy (non-hydrogen) atoms. The second kappa shape index (κ2) is 7.44. The fraction of sp³-hybridized carbons (Fsp3) is 0.176. The lowest BCUT2D eigenvalue weighted by atomic mass is 10.1. The van der Waals surface area contributed by atoms with Crippen molar-refractivity contribution < 1.29 is 32.6 Å². The van der Waals surface area contributed by atoms with Gasteiger partial charge in [-0.15, -0.1) is 0 Å². The number of rotatable bonds is 6. The number of aromatic carboxylic acids is 1. The second-order valence-electron chi connectivity index (χ2n) is 5.31. The molecule has 2 aromatic rings. The Morgan fingerprint density at radius 3 is 2.19 bits per heavy atom. The molecular weight excluding hydrogens is 362 g/mol. The third-order valence-corrected chi connectivity index (χ3v) is 4.64. The smallest absolute Gasteiger partial charge is 0.337 e. The van der Waals surface area contributed by atoms with Gasteiger partial charge >= 0.3 is 5.97 Å². The highest BCUT2D eigenvalue weighted by atomic mass is 32.2. The number of carboxylic acid groups (broad SMARTS) is 1. The van der Waals surface area contributed by atoms with E-state index in [0.29, 0.717) is 0 Å². The number of nitrogens with one attached hydrogen (secondary N) is 1. The van der Waals surface area contributed by atoms with Crippen molar-refractivity contribution in [2.24, 2.45) is 0 Å². The minimum absolute atomic E-state index is 0.00934. The van der Waals surface area contributed by atoms with Gasteiger partial charge in [-0.05, 0) is 18.2 Å². The Morgan fingerprint density at radius 1 is 1.04 bits per heavy atom. The first kappa shape index (κ1) is 19.3. The van der Waals surface area contributed by atoms with E-state index in [0.717, 1.165) is 6.26 Å². The van der Waals surface area contributed by atoms with Gasteiger partial charge in [0.15, 0.2) is 21.3 Å². The summed E-state index contributed by atoms with van der Waals surface area (Å²) in [5.41, 5.74) is -0.140. The number of carbonyl (C=O) groups excluding carboxylic acids is 1. The fourth-order valence-electron chi connectivity index (χ4n) is 2.22. The maximum atomic E-state index is 12.5. The minimum atomic E-state index is -3.48. The van der Waals surface area contributed by atoms with E-state index < -0.39 is 21.7 Å². The molecule has 0 fully saturated rings. The molecule has 138 valence electrons. The molecule has 0 bridgehead atoms. The SMILES string of the molecule is COc1cc(NC(=O)c2cccc(S(C)(=O)=O)c2)c(C(=O)O)cc1OC. The standard InChI is InChI=1S/C17H17NO7S/c1-24-14-8-12(17(20)21)13(9-15(14)25-2)18-16(19)10-5-4-6-11(7-10)26(3,22)23/h4-9H,1-3H3,(H,18,19)(H,20,21). The predicted molar refractivity (Wildman–Crippen MR) is 94.0 cm³/mol. The summed E-state index contributed by atoms with van der Waals surface area (Å²) in [7, 11) is -0.750. The molecule has 0 saturated heterocycles. The van der Waals surface area contributed by atoms with Crippen LogP contribution in [-0.2, 0) is 9.84 Å². The van der Waals surface area contributed by atoms with Crippen molar-refractivity contribution in [3.63, 3.8) is 0 Å². The molecule has 0 aliphatic rings. The topological polar surface area (TPSA) is 119 Å². The van der Waals surface area contributed by atoms with Crippen molar-refractivity contribution in [2.45, 2.75) is 4.90 Å². The lowest BCUT2D eigenvalue weighted by Crippen LogP contribution is -2.15. The number of benzene rings is 2. The molecule has 2 rings (SSSR count). The van der Waals surface area contributed by atoms with Gasteiger partial charge in [0.05, 0.1) is 30.4 Å². The molecule has 0 aliphatic heterocycles. The average molecular weight is 379 g/mol. The number of carboxylic acids is 1. The Morgan fingerprint density at radius 2 is 1.65 bits per heavy atom. The molecule has 0 atom stereocenters. The Bertz CT molecular complexity index is 967. The van der Waals surface area contributed by atoms with Crippen LogP contribution in [0.25, 0.3) is 0 Å². The number of carbonyl (C=O) groups is 2. The summed E-state index contributed by atoms with van der Waals surface area (Å²) >= 11 is 0. The fourth-order valence-corrected chi connectivity index (χ4v) is 2.89. The van der Waals surface area contributed by atoms with Gasteiger partial charge in [-0.1, -0.05) is 6.07 Å². The molecule has 0 heterocycles. The van der Waals surface area contributed by atoms with Crippen molar-refractivity contribution >= 4 is 27.4 Å². The zero-order chi connectivity index (χ0) is 19.5. The quantitative estimate of drug-likeness (QED) is 0.788. The molecule has 0 spiro atoms. The van der Waals surface area contributed by atoms with Crippen molar-refractivity contribution in [3.05, 3.63) is 47.5 Å². The summed E-state index contributed by atoms with van der Waals surface area (Å²) in [6.07, 6.45) is 1.03. The van der Waals surface area contributed by atoms with Gasteiger partial charge in [-0.2, -0.15) is 0 Å². The summed E-state index contributed by atoms with van der Waals surface area (Å²) in [5.74, 6) is -1.50. The predicted octanol–water partition coefficient (Wildman–Crippen LogP) is 2.06. The summed E-state index contributed by atoms with van der Waals surface area (Å²) in [5, 5.41) is 11.8. The zero-order valence-corrected chi connectivity index (χ0v) is 15.1. The monoisotopic (exact) mass is 379 g/mol. The van der Waals surface area contributed by atoms with E-state index in [1.807, 2.05) is 0 Å². The van der Waals surface area contributed by atoms with Crippen molar-refractivity contribution in [2.75, 3.05) is 25.8 Å². The number of anilines is 1. The van der Waals surface area contributed by atoms with Gasteiger partial charge in [0.2, 0.25) is 0 Å². The maximum absolute atomic E-state index is 12.5. The summed E-state index contributed by atoms with van der Waals surface area (Å²) < 4.78 is 33.4. The van der Waals surface area contributed by atoms with E-state index in [1.165, 1.54) is 50.6 Å². The van der Waals surface area contributed by atoms with Crippen LogP contribution in [0, 0.1) is 0 Å². The van der Waals surface area contributed by atoms with Crippen LogP contribution in [0.1, 0.15) is 20.7 Å². The van der Waals surface area contributed by atoms with Crippen LogP contribution in [0.3, 0.4) is 0 Å².